The Balaban J connectivity index is 1.74. The maximum atomic E-state index is 12.6. The minimum atomic E-state index is 0.157. The molecule has 1 amide bonds. The molecule has 0 unspecified atom stereocenters. The van der Waals surface area contributed by atoms with Crippen molar-refractivity contribution in [3.8, 4) is 0 Å². The lowest BCUT2D eigenvalue weighted by atomic mass is 9.95. The van der Waals surface area contributed by atoms with Crippen LogP contribution in [0.15, 0.2) is 60.7 Å². The molecule has 4 nitrogen and oxygen atoms in total. The Bertz CT molecular complexity index is 781. The van der Waals surface area contributed by atoms with E-state index in [1.54, 1.807) is 0 Å². The van der Waals surface area contributed by atoms with Crippen molar-refractivity contribution < 1.29 is 9.53 Å². The first-order valence-corrected chi connectivity index (χ1v) is 12.4. The van der Waals surface area contributed by atoms with Gasteiger partial charge in [-0.15, -0.1) is 0 Å². The van der Waals surface area contributed by atoms with E-state index in [0.29, 0.717) is 13.0 Å². The first kappa shape index (κ1) is 24.5. The molecular formula is C28H40N2O2. The number of nitrogens with one attached hydrogen (secondary N) is 1. The number of hydrogen-bond acceptors (Lipinski definition) is 3. The molecule has 4 heteroatoms. The minimum absolute atomic E-state index is 0.157. The molecule has 2 aromatic rings. The van der Waals surface area contributed by atoms with Crippen molar-refractivity contribution in [3.63, 3.8) is 0 Å². The number of amides is 1. The van der Waals surface area contributed by atoms with Gasteiger partial charge in [0.1, 0.15) is 0 Å². The quantitative estimate of drug-likeness (QED) is 0.447. The second kappa shape index (κ2) is 13.4. The van der Waals surface area contributed by atoms with E-state index in [2.05, 4.69) is 78.7 Å². The van der Waals surface area contributed by atoms with Gasteiger partial charge in [0.05, 0.1) is 12.7 Å². The number of carbonyl (C=O) groups excluding carboxylic acids is 1. The number of benzene rings is 2. The molecule has 32 heavy (non-hydrogen) atoms. The minimum Gasteiger partial charge on any atom is -0.373 e. The summed E-state index contributed by atoms with van der Waals surface area (Å²) in [4.78, 5) is 15.1. The number of hydrogen-bond donors (Lipinski definition) is 1. The van der Waals surface area contributed by atoms with Crippen LogP contribution in [0.3, 0.4) is 0 Å². The Kier molecular flexibility index (Phi) is 10.2. The lowest BCUT2D eigenvalue weighted by Crippen LogP contribution is -2.46. The molecule has 0 spiro atoms. The molecular weight excluding hydrogens is 396 g/mol. The maximum Gasteiger partial charge on any atom is 0.221 e. The average Bonchev–Trinajstić information content (AvgIpc) is 2.81. The Labute approximate surface area is 194 Å². The summed E-state index contributed by atoms with van der Waals surface area (Å²) in [5.74, 6) is 0.162. The van der Waals surface area contributed by atoms with Crippen LogP contribution in [0.5, 0.6) is 0 Å². The summed E-state index contributed by atoms with van der Waals surface area (Å²) >= 11 is 0. The lowest BCUT2D eigenvalue weighted by molar-refractivity contribution is -0.123. The van der Waals surface area contributed by atoms with Gasteiger partial charge in [0.15, 0.2) is 0 Å². The highest BCUT2D eigenvalue weighted by Gasteiger charge is 2.30. The van der Waals surface area contributed by atoms with Crippen molar-refractivity contribution in [2.24, 2.45) is 0 Å². The van der Waals surface area contributed by atoms with Crippen molar-refractivity contribution in [3.05, 3.63) is 71.8 Å². The molecule has 0 radical (unpaired) electrons. The van der Waals surface area contributed by atoms with Gasteiger partial charge in [-0.1, -0.05) is 86.8 Å². The first-order valence-electron chi connectivity index (χ1n) is 12.4. The van der Waals surface area contributed by atoms with Crippen LogP contribution in [-0.2, 0) is 16.1 Å². The Hall–Kier alpha value is -2.17. The summed E-state index contributed by atoms with van der Waals surface area (Å²) in [7, 11) is 0. The van der Waals surface area contributed by atoms with E-state index in [4.69, 9.17) is 4.74 Å². The third kappa shape index (κ3) is 7.75. The predicted molar refractivity (Wildman–Crippen MR) is 131 cm³/mol. The summed E-state index contributed by atoms with van der Waals surface area (Å²) in [5.41, 5.74) is 2.52. The zero-order chi connectivity index (χ0) is 22.6. The average molecular weight is 437 g/mol. The fourth-order valence-corrected chi connectivity index (χ4v) is 4.71. The van der Waals surface area contributed by atoms with Crippen molar-refractivity contribution in [2.75, 3.05) is 13.1 Å². The maximum absolute atomic E-state index is 12.6. The van der Waals surface area contributed by atoms with E-state index >= 15 is 0 Å². The molecule has 1 aliphatic rings. The highest BCUT2D eigenvalue weighted by molar-refractivity contribution is 5.76. The molecule has 1 heterocycles. The summed E-state index contributed by atoms with van der Waals surface area (Å²) in [6.45, 7) is 6.89. The van der Waals surface area contributed by atoms with Gasteiger partial charge in [0.25, 0.3) is 0 Å². The smallest absolute Gasteiger partial charge is 0.221 e. The van der Waals surface area contributed by atoms with Crippen molar-refractivity contribution in [2.45, 2.75) is 83.6 Å². The van der Waals surface area contributed by atoms with Gasteiger partial charge < -0.3 is 10.1 Å². The Morgan fingerprint density at radius 2 is 1.78 bits per heavy atom. The van der Waals surface area contributed by atoms with Gasteiger partial charge in [0.2, 0.25) is 5.91 Å². The van der Waals surface area contributed by atoms with Crippen molar-refractivity contribution in [1.29, 1.82) is 0 Å². The predicted octanol–water partition coefficient (Wildman–Crippen LogP) is 5.88. The standard InChI is InChI=1S/C28H40N2O2/c1-3-4-7-17-27(32-22-24-13-8-5-9-14-24)20-26-21-28(31)29-18-12-19-30(26)23(2)25-15-10-6-11-16-25/h5-6,8-11,13-16,23,26-27H,3-4,7,12,17-22H2,1-2H3,(H,29,31)/t23-,26-,27-/m1/s1. The van der Waals surface area contributed by atoms with E-state index in [9.17, 15) is 4.79 Å². The number of nitrogens with zero attached hydrogens (tertiary/aromatic N) is 1. The molecule has 1 fully saturated rings. The Morgan fingerprint density at radius 3 is 2.50 bits per heavy atom. The molecule has 0 saturated carbocycles. The second-order valence-corrected chi connectivity index (χ2v) is 9.04. The highest BCUT2D eigenvalue weighted by atomic mass is 16.5. The number of ether oxygens (including phenoxy) is 1. The van der Waals surface area contributed by atoms with Crippen LogP contribution in [-0.4, -0.2) is 36.0 Å². The van der Waals surface area contributed by atoms with E-state index in [0.717, 1.165) is 32.4 Å². The second-order valence-electron chi connectivity index (χ2n) is 9.04. The van der Waals surface area contributed by atoms with Crippen molar-refractivity contribution in [1.82, 2.24) is 10.2 Å². The fraction of sp³-hybridized carbons (Fsp3) is 0.536. The van der Waals surface area contributed by atoms with Gasteiger partial charge in [-0.25, -0.2) is 0 Å². The summed E-state index contributed by atoms with van der Waals surface area (Å²) < 4.78 is 6.46. The zero-order valence-electron chi connectivity index (χ0n) is 19.8. The van der Waals surface area contributed by atoms with Crippen LogP contribution < -0.4 is 5.32 Å². The topological polar surface area (TPSA) is 41.6 Å². The fourth-order valence-electron chi connectivity index (χ4n) is 4.71. The van der Waals surface area contributed by atoms with Crippen LogP contribution >= 0.6 is 0 Å². The molecule has 1 saturated heterocycles. The van der Waals surface area contributed by atoms with E-state index in [1.165, 1.54) is 30.4 Å². The van der Waals surface area contributed by atoms with E-state index < -0.39 is 0 Å². The van der Waals surface area contributed by atoms with E-state index in [-0.39, 0.29) is 24.1 Å². The third-order valence-electron chi connectivity index (χ3n) is 6.58. The molecule has 174 valence electrons. The van der Waals surface area contributed by atoms with Crippen LogP contribution in [0.4, 0.5) is 0 Å². The van der Waals surface area contributed by atoms with Gasteiger partial charge in [-0.3, -0.25) is 9.69 Å². The lowest BCUT2D eigenvalue weighted by Gasteiger charge is -2.39. The Morgan fingerprint density at radius 1 is 1.06 bits per heavy atom. The van der Waals surface area contributed by atoms with Gasteiger partial charge in [-0.05, 0) is 37.3 Å². The van der Waals surface area contributed by atoms with Crippen molar-refractivity contribution >= 4 is 5.91 Å². The summed E-state index contributed by atoms with van der Waals surface area (Å²) in [6.07, 6.45) is 7.20. The number of carbonyl (C=O) groups is 1. The van der Waals surface area contributed by atoms with Crippen LogP contribution in [0.2, 0.25) is 0 Å². The largest absolute Gasteiger partial charge is 0.373 e. The molecule has 2 aromatic carbocycles. The van der Waals surface area contributed by atoms with Gasteiger partial charge in [0, 0.05) is 31.6 Å². The number of unbranched alkanes of at least 4 members (excludes halogenated alkanes) is 2. The molecule has 0 aromatic heterocycles. The highest BCUT2D eigenvalue weighted by Crippen LogP contribution is 2.28. The monoisotopic (exact) mass is 436 g/mol. The van der Waals surface area contributed by atoms with Crippen LogP contribution in [0.1, 0.15) is 76.0 Å². The third-order valence-corrected chi connectivity index (χ3v) is 6.58. The molecule has 3 atom stereocenters. The van der Waals surface area contributed by atoms with E-state index in [1.807, 2.05) is 6.07 Å². The molecule has 3 rings (SSSR count). The first-order chi connectivity index (χ1) is 15.7. The molecule has 1 aliphatic heterocycles. The van der Waals surface area contributed by atoms with Gasteiger partial charge >= 0.3 is 0 Å². The number of rotatable bonds is 11. The SMILES string of the molecule is CCCCC[C@H](C[C@@H]1CC(=O)NCCCN1[C@H](C)c1ccccc1)OCc1ccccc1. The van der Waals surface area contributed by atoms with Gasteiger partial charge in [-0.2, -0.15) is 0 Å². The molecule has 1 N–H and O–H groups in total. The molecule has 0 bridgehead atoms. The van der Waals surface area contributed by atoms with Crippen LogP contribution in [0.25, 0.3) is 0 Å². The van der Waals surface area contributed by atoms with Crippen LogP contribution in [0, 0.1) is 0 Å². The summed E-state index contributed by atoms with van der Waals surface area (Å²) in [6, 6.07) is 21.5. The molecule has 0 aliphatic carbocycles. The summed E-state index contributed by atoms with van der Waals surface area (Å²) in [5, 5.41) is 3.09. The zero-order valence-corrected chi connectivity index (χ0v) is 19.8. The normalized spacial score (nSPS) is 19.6.